The molecule has 0 fully saturated rings. The molecule has 78 valence electrons. The third kappa shape index (κ3) is 1.80. The molecule has 2 aromatic rings. The van der Waals surface area contributed by atoms with Crippen LogP contribution in [0.15, 0.2) is 24.3 Å². The Kier molecular flexibility index (Phi) is 2.58. The highest BCUT2D eigenvalue weighted by Gasteiger charge is 2.02. The summed E-state index contributed by atoms with van der Waals surface area (Å²) in [7, 11) is 0. The number of aromatic nitrogens is 1. The first kappa shape index (κ1) is 9.97. The van der Waals surface area contributed by atoms with Crippen molar-refractivity contribution in [1.29, 1.82) is 0 Å². The second-order valence-corrected chi connectivity index (χ2v) is 3.81. The van der Waals surface area contributed by atoms with Crippen molar-refractivity contribution in [2.75, 3.05) is 11.9 Å². The van der Waals surface area contributed by atoms with E-state index in [0.29, 0.717) is 0 Å². The lowest BCUT2D eigenvalue weighted by Gasteiger charge is -2.07. The minimum Gasteiger partial charge on any atom is -0.370 e. The summed E-state index contributed by atoms with van der Waals surface area (Å²) in [5, 5.41) is 4.44. The second kappa shape index (κ2) is 3.89. The van der Waals surface area contributed by atoms with Gasteiger partial charge in [0.15, 0.2) is 0 Å². The first-order valence-corrected chi connectivity index (χ1v) is 5.33. The highest BCUT2D eigenvalue weighted by Crippen LogP contribution is 2.21. The van der Waals surface area contributed by atoms with E-state index in [-0.39, 0.29) is 0 Å². The maximum atomic E-state index is 4.61. The molecule has 0 unspecified atom stereocenters. The van der Waals surface area contributed by atoms with Crippen molar-refractivity contribution < 1.29 is 0 Å². The predicted molar refractivity (Wildman–Crippen MR) is 65.4 cm³/mol. The highest BCUT2D eigenvalue weighted by atomic mass is 15.0. The van der Waals surface area contributed by atoms with E-state index in [0.717, 1.165) is 17.9 Å². The molecule has 1 aromatic heterocycles. The molecule has 2 rings (SSSR count). The standard InChI is InChI=1S/C13H16N2/c1-4-14-12-8-7-11-6-5-9(2)10(3)13(11)15-12/h5-8H,4H2,1-3H3,(H,14,15). The van der Waals surface area contributed by atoms with Crippen molar-refractivity contribution in [2.24, 2.45) is 0 Å². The summed E-state index contributed by atoms with van der Waals surface area (Å²) < 4.78 is 0. The smallest absolute Gasteiger partial charge is 0.126 e. The van der Waals surface area contributed by atoms with Gasteiger partial charge in [-0.05, 0) is 44.0 Å². The van der Waals surface area contributed by atoms with Crippen molar-refractivity contribution >= 4 is 16.7 Å². The first-order valence-electron chi connectivity index (χ1n) is 5.33. The fourth-order valence-corrected chi connectivity index (χ4v) is 1.71. The molecular weight excluding hydrogens is 184 g/mol. The molecule has 0 saturated carbocycles. The summed E-state index contributed by atoms with van der Waals surface area (Å²) in [5.74, 6) is 0.957. The van der Waals surface area contributed by atoms with Crippen LogP contribution in [0.1, 0.15) is 18.1 Å². The molecule has 15 heavy (non-hydrogen) atoms. The lowest BCUT2D eigenvalue weighted by atomic mass is 10.1. The van der Waals surface area contributed by atoms with Gasteiger partial charge in [0.05, 0.1) is 5.52 Å². The Morgan fingerprint density at radius 3 is 2.60 bits per heavy atom. The van der Waals surface area contributed by atoms with Crippen LogP contribution < -0.4 is 5.32 Å². The Morgan fingerprint density at radius 1 is 1.13 bits per heavy atom. The molecule has 0 aliphatic rings. The van der Waals surface area contributed by atoms with E-state index in [1.807, 2.05) is 6.07 Å². The fraction of sp³-hybridized carbons (Fsp3) is 0.308. The van der Waals surface area contributed by atoms with Gasteiger partial charge in [-0.15, -0.1) is 0 Å². The monoisotopic (exact) mass is 200 g/mol. The molecule has 0 bridgehead atoms. The molecule has 2 nitrogen and oxygen atoms in total. The topological polar surface area (TPSA) is 24.9 Å². The zero-order chi connectivity index (χ0) is 10.8. The van der Waals surface area contributed by atoms with Gasteiger partial charge in [0.25, 0.3) is 0 Å². The number of pyridine rings is 1. The number of benzene rings is 1. The first-order chi connectivity index (χ1) is 7.22. The van der Waals surface area contributed by atoms with Crippen molar-refractivity contribution in [2.45, 2.75) is 20.8 Å². The number of hydrogen-bond acceptors (Lipinski definition) is 2. The van der Waals surface area contributed by atoms with Crippen LogP contribution in [-0.2, 0) is 0 Å². The van der Waals surface area contributed by atoms with Crippen LogP contribution in [0.5, 0.6) is 0 Å². The normalized spacial score (nSPS) is 10.6. The molecule has 0 atom stereocenters. The van der Waals surface area contributed by atoms with Gasteiger partial charge in [-0.1, -0.05) is 12.1 Å². The van der Waals surface area contributed by atoms with Crippen molar-refractivity contribution in [3.05, 3.63) is 35.4 Å². The summed E-state index contributed by atoms with van der Waals surface area (Å²) in [6.45, 7) is 7.23. The Labute approximate surface area is 90.3 Å². The number of rotatable bonds is 2. The summed E-state index contributed by atoms with van der Waals surface area (Å²) in [6.07, 6.45) is 0. The lowest BCUT2D eigenvalue weighted by Crippen LogP contribution is -1.99. The van der Waals surface area contributed by atoms with Crippen LogP contribution in [0.2, 0.25) is 0 Å². The van der Waals surface area contributed by atoms with Gasteiger partial charge in [-0.3, -0.25) is 0 Å². The van der Waals surface area contributed by atoms with Crippen LogP contribution in [0.25, 0.3) is 10.9 Å². The molecule has 0 aliphatic carbocycles. The number of fused-ring (bicyclic) bond motifs is 1. The van der Waals surface area contributed by atoms with Gasteiger partial charge in [0.1, 0.15) is 5.82 Å². The maximum absolute atomic E-state index is 4.61. The lowest BCUT2D eigenvalue weighted by molar-refractivity contribution is 1.17. The molecule has 2 heteroatoms. The van der Waals surface area contributed by atoms with E-state index in [4.69, 9.17) is 0 Å². The van der Waals surface area contributed by atoms with E-state index < -0.39 is 0 Å². The van der Waals surface area contributed by atoms with Crippen LogP contribution in [-0.4, -0.2) is 11.5 Å². The zero-order valence-corrected chi connectivity index (χ0v) is 9.46. The largest absolute Gasteiger partial charge is 0.370 e. The van der Waals surface area contributed by atoms with Gasteiger partial charge >= 0.3 is 0 Å². The quantitative estimate of drug-likeness (QED) is 0.804. The molecule has 1 N–H and O–H groups in total. The van der Waals surface area contributed by atoms with E-state index in [1.54, 1.807) is 0 Å². The summed E-state index contributed by atoms with van der Waals surface area (Å²) in [6, 6.07) is 8.42. The number of nitrogens with one attached hydrogen (secondary N) is 1. The minimum absolute atomic E-state index is 0.906. The van der Waals surface area contributed by atoms with Crippen LogP contribution in [0.4, 0.5) is 5.82 Å². The van der Waals surface area contributed by atoms with Gasteiger partial charge in [0, 0.05) is 11.9 Å². The minimum atomic E-state index is 0.906. The molecule has 0 radical (unpaired) electrons. The van der Waals surface area contributed by atoms with E-state index in [2.05, 4.69) is 49.3 Å². The summed E-state index contributed by atoms with van der Waals surface area (Å²) in [5.41, 5.74) is 3.67. The third-order valence-electron chi connectivity index (χ3n) is 2.74. The van der Waals surface area contributed by atoms with E-state index >= 15 is 0 Å². The van der Waals surface area contributed by atoms with Crippen molar-refractivity contribution in [3.63, 3.8) is 0 Å². The molecule has 0 saturated heterocycles. The Hall–Kier alpha value is -1.57. The second-order valence-electron chi connectivity index (χ2n) is 3.81. The fourth-order valence-electron chi connectivity index (χ4n) is 1.71. The number of hydrogen-bond donors (Lipinski definition) is 1. The number of anilines is 1. The zero-order valence-electron chi connectivity index (χ0n) is 9.46. The van der Waals surface area contributed by atoms with Gasteiger partial charge in [0.2, 0.25) is 0 Å². The van der Waals surface area contributed by atoms with Crippen molar-refractivity contribution in [1.82, 2.24) is 4.98 Å². The van der Waals surface area contributed by atoms with Gasteiger partial charge < -0.3 is 5.32 Å². The average molecular weight is 200 g/mol. The molecular formula is C13H16N2. The third-order valence-corrected chi connectivity index (χ3v) is 2.74. The Balaban J connectivity index is 2.63. The van der Waals surface area contributed by atoms with Crippen LogP contribution in [0, 0.1) is 13.8 Å². The molecule has 0 spiro atoms. The average Bonchev–Trinajstić information content (AvgIpc) is 2.25. The highest BCUT2D eigenvalue weighted by molar-refractivity contribution is 5.84. The van der Waals surface area contributed by atoms with E-state index in [9.17, 15) is 0 Å². The number of aryl methyl sites for hydroxylation is 2. The van der Waals surface area contributed by atoms with E-state index in [1.165, 1.54) is 16.5 Å². The van der Waals surface area contributed by atoms with Gasteiger partial charge in [-0.25, -0.2) is 4.98 Å². The van der Waals surface area contributed by atoms with Gasteiger partial charge in [-0.2, -0.15) is 0 Å². The molecule has 1 heterocycles. The molecule has 1 aromatic carbocycles. The predicted octanol–water partition coefficient (Wildman–Crippen LogP) is 3.28. The Bertz CT molecular complexity index is 489. The summed E-state index contributed by atoms with van der Waals surface area (Å²) >= 11 is 0. The maximum Gasteiger partial charge on any atom is 0.126 e. The summed E-state index contributed by atoms with van der Waals surface area (Å²) in [4.78, 5) is 4.61. The Morgan fingerprint density at radius 2 is 1.87 bits per heavy atom. The molecule has 0 amide bonds. The molecule has 0 aliphatic heterocycles. The van der Waals surface area contributed by atoms with Crippen LogP contribution >= 0.6 is 0 Å². The van der Waals surface area contributed by atoms with Crippen molar-refractivity contribution in [3.8, 4) is 0 Å². The number of nitrogens with zero attached hydrogens (tertiary/aromatic N) is 1. The SMILES string of the molecule is CCNc1ccc2ccc(C)c(C)c2n1. The van der Waals surface area contributed by atoms with Crippen LogP contribution in [0.3, 0.4) is 0 Å².